The summed E-state index contributed by atoms with van der Waals surface area (Å²) in [5, 5.41) is 36.3. The predicted octanol–water partition coefficient (Wildman–Crippen LogP) is 7.33. The van der Waals surface area contributed by atoms with Crippen molar-refractivity contribution in [2.45, 2.75) is 124 Å². The van der Waals surface area contributed by atoms with Crippen molar-refractivity contribution in [1.29, 1.82) is 0 Å². The van der Waals surface area contributed by atoms with Gasteiger partial charge in [0.2, 0.25) is 0 Å². The number of hydrogen-bond donors (Lipinski definition) is 3. The van der Waals surface area contributed by atoms with Crippen LogP contribution in [0.3, 0.4) is 0 Å². The van der Waals surface area contributed by atoms with E-state index in [-0.39, 0.29) is 77.3 Å². The number of rotatable bonds is 14. The Kier molecular flexibility index (Phi) is 11.7. The van der Waals surface area contributed by atoms with Crippen LogP contribution in [0.2, 0.25) is 0 Å². The van der Waals surface area contributed by atoms with Gasteiger partial charge < -0.3 is 19.5 Å². The van der Waals surface area contributed by atoms with Crippen LogP contribution >= 0.6 is 7.75 Å². The number of benzene rings is 1. The number of nitro groups is 1. The lowest BCUT2D eigenvalue weighted by Crippen LogP contribution is -2.61. The number of hydrogen-bond acceptors (Lipinski definition) is 9. The van der Waals surface area contributed by atoms with Gasteiger partial charge in [-0.1, -0.05) is 27.7 Å². The van der Waals surface area contributed by atoms with E-state index in [1.165, 1.54) is 24.3 Å². The molecule has 11 nitrogen and oxygen atoms in total. The molecule has 12 heteroatoms. The van der Waals surface area contributed by atoms with Crippen molar-refractivity contribution in [3.63, 3.8) is 0 Å². The van der Waals surface area contributed by atoms with Crippen molar-refractivity contribution in [3.05, 3.63) is 34.4 Å². The molecule has 276 valence electrons. The van der Waals surface area contributed by atoms with Crippen LogP contribution in [-0.2, 0) is 18.6 Å². The van der Waals surface area contributed by atoms with Crippen molar-refractivity contribution in [2.75, 3.05) is 13.2 Å². The average Bonchev–Trinajstić information content (AvgIpc) is 3.40. The highest BCUT2D eigenvalue weighted by atomic mass is 31.2. The van der Waals surface area contributed by atoms with E-state index in [0.29, 0.717) is 30.1 Å². The van der Waals surface area contributed by atoms with Gasteiger partial charge in [-0.25, -0.2) is 9.65 Å². The number of ketones is 1. The van der Waals surface area contributed by atoms with Gasteiger partial charge in [0, 0.05) is 12.1 Å². The fraction of sp³-hybridized carbons (Fsp3) is 0.811. The molecule has 5 rings (SSSR count). The van der Waals surface area contributed by atoms with E-state index in [0.717, 1.165) is 44.9 Å². The summed E-state index contributed by atoms with van der Waals surface area (Å²) < 4.78 is 31.3. The highest BCUT2D eigenvalue weighted by Gasteiger charge is 2.64. The molecule has 1 aromatic rings. The first-order chi connectivity index (χ1) is 23.0. The maximum absolute atomic E-state index is 14.1. The number of carbonyl (C=O) groups excluding carboxylic acids is 1. The number of nitrogens with one attached hydrogen (secondary N) is 1. The van der Waals surface area contributed by atoms with E-state index in [4.69, 9.17) is 13.8 Å². The number of carbonyl (C=O) groups is 1. The van der Waals surface area contributed by atoms with Crippen LogP contribution in [0.25, 0.3) is 0 Å². The van der Waals surface area contributed by atoms with Crippen LogP contribution in [0.4, 0.5) is 5.69 Å². The maximum atomic E-state index is 14.1. The van der Waals surface area contributed by atoms with E-state index in [9.17, 15) is 29.7 Å². The number of ether oxygens (including phenoxy) is 1. The number of aliphatic hydroxyl groups excluding tert-OH is 2. The molecule has 4 fully saturated rings. The van der Waals surface area contributed by atoms with Gasteiger partial charge in [0.1, 0.15) is 12.4 Å². The first-order valence-corrected chi connectivity index (χ1v) is 20.0. The summed E-state index contributed by atoms with van der Waals surface area (Å²) in [6.45, 7) is 14.5. The third kappa shape index (κ3) is 7.82. The SMILES string of the molecule is CC(C)OCC(=O)[C@H](C)N[P@@](=O)(OCC[C@@H](C)[C@H]1CCC2C3C(CC[C@@]21C)[C@@]1(C)CC[C@@H](O)CC1[C@@H](C)[C@H]3O)Oc1ccc([N+](=O)[O-])cc1. The molecule has 4 saturated carbocycles. The molecule has 0 saturated heterocycles. The Hall–Kier alpha value is -1.88. The zero-order valence-electron chi connectivity index (χ0n) is 30.4. The Morgan fingerprint density at radius 1 is 1.02 bits per heavy atom. The first kappa shape index (κ1) is 38.4. The Morgan fingerprint density at radius 3 is 2.33 bits per heavy atom. The number of aliphatic hydroxyl groups is 2. The van der Waals surface area contributed by atoms with Gasteiger partial charge >= 0.3 is 7.75 Å². The summed E-state index contributed by atoms with van der Waals surface area (Å²) in [7, 11) is -4.08. The topological polar surface area (TPSA) is 157 Å². The van der Waals surface area contributed by atoms with Gasteiger partial charge in [0.05, 0.1) is 35.9 Å². The van der Waals surface area contributed by atoms with Crippen molar-refractivity contribution in [2.24, 2.45) is 52.3 Å². The van der Waals surface area contributed by atoms with Gasteiger partial charge in [0.25, 0.3) is 5.69 Å². The van der Waals surface area contributed by atoms with Crippen molar-refractivity contribution < 1.29 is 38.3 Å². The average molecular weight is 707 g/mol. The standard InChI is InChI=1S/C37H59N2O9P/c1-22(2)46-21-33(41)25(5)38-49(45,48-28-10-8-26(9-11-28)39(43)44)47-19-16-23(3)29-12-13-30-34-31(15-18-36(29,30)6)37(7)17-14-27(40)20-32(37)24(4)35(34)42/h8-11,22-25,27,29-32,34-35,40,42H,12-21H2,1-7H3,(H,38,45)/t23-,24-,25+,27-,29-,30?,31?,32?,34?,35-,36-,37-,49-/m1/s1. The second-order valence-electron chi connectivity index (χ2n) is 16.5. The van der Waals surface area contributed by atoms with E-state index in [2.05, 4.69) is 32.8 Å². The highest BCUT2D eigenvalue weighted by molar-refractivity contribution is 7.52. The third-order valence-electron chi connectivity index (χ3n) is 13.4. The summed E-state index contributed by atoms with van der Waals surface area (Å²) in [6, 6.07) is 4.37. The van der Waals surface area contributed by atoms with Crippen molar-refractivity contribution in [3.8, 4) is 5.75 Å². The Bertz CT molecular complexity index is 1380. The minimum atomic E-state index is -4.08. The second-order valence-corrected chi connectivity index (χ2v) is 18.2. The van der Waals surface area contributed by atoms with Gasteiger partial charge in [0.15, 0.2) is 5.78 Å². The molecule has 1 aromatic carbocycles. The van der Waals surface area contributed by atoms with E-state index >= 15 is 0 Å². The molecule has 0 spiro atoms. The largest absolute Gasteiger partial charge is 0.459 e. The zero-order chi connectivity index (χ0) is 35.9. The maximum Gasteiger partial charge on any atom is 0.459 e. The molecule has 4 unspecified atom stereocenters. The summed E-state index contributed by atoms with van der Waals surface area (Å²) in [4.78, 5) is 23.4. The van der Waals surface area contributed by atoms with Crippen LogP contribution in [0.1, 0.15) is 99.8 Å². The fourth-order valence-electron chi connectivity index (χ4n) is 10.7. The highest BCUT2D eigenvalue weighted by Crippen LogP contribution is 2.69. The van der Waals surface area contributed by atoms with Crippen molar-refractivity contribution in [1.82, 2.24) is 5.09 Å². The molecule has 0 amide bonds. The summed E-state index contributed by atoms with van der Waals surface area (Å²) >= 11 is 0. The lowest BCUT2D eigenvalue weighted by Gasteiger charge is -2.64. The molecule has 0 radical (unpaired) electrons. The van der Waals surface area contributed by atoms with E-state index in [1.54, 1.807) is 6.92 Å². The molecule has 0 aliphatic heterocycles. The Labute approximate surface area is 292 Å². The van der Waals surface area contributed by atoms with E-state index in [1.807, 2.05) is 13.8 Å². The van der Waals surface area contributed by atoms with Crippen LogP contribution in [-0.4, -0.2) is 58.5 Å². The molecule has 4 aliphatic carbocycles. The monoisotopic (exact) mass is 706 g/mol. The summed E-state index contributed by atoms with van der Waals surface area (Å²) in [5.41, 5.74) is 0.102. The van der Waals surface area contributed by atoms with Crippen LogP contribution in [0.15, 0.2) is 24.3 Å². The number of nitro benzene ring substituents is 1. The number of non-ortho nitro benzene ring substituents is 1. The molecule has 0 bridgehead atoms. The normalized spacial score (nSPS) is 38.1. The Morgan fingerprint density at radius 2 is 1.67 bits per heavy atom. The molecule has 4 aliphatic rings. The van der Waals surface area contributed by atoms with E-state index < -0.39 is 18.7 Å². The van der Waals surface area contributed by atoms with Crippen molar-refractivity contribution >= 4 is 19.2 Å². The number of fused-ring (bicyclic) bond motifs is 5. The molecular formula is C37H59N2O9P. The molecule has 0 heterocycles. The fourth-order valence-corrected chi connectivity index (χ4v) is 12.3. The van der Waals surface area contributed by atoms with Gasteiger partial charge in [-0.15, -0.1) is 0 Å². The quantitative estimate of drug-likeness (QED) is 0.102. The summed E-state index contributed by atoms with van der Waals surface area (Å²) in [5.74, 6) is 2.17. The zero-order valence-corrected chi connectivity index (χ0v) is 31.3. The van der Waals surface area contributed by atoms with Crippen LogP contribution in [0, 0.1) is 62.4 Å². The van der Waals surface area contributed by atoms with Crippen LogP contribution < -0.4 is 9.61 Å². The number of nitrogens with zero attached hydrogens (tertiary/aromatic N) is 1. The van der Waals surface area contributed by atoms with Crippen LogP contribution in [0.5, 0.6) is 5.75 Å². The molecule has 49 heavy (non-hydrogen) atoms. The van der Waals surface area contributed by atoms with Gasteiger partial charge in [-0.2, -0.15) is 0 Å². The second kappa shape index (κ2) is 15.0. The molecular weight excluding hydrogens is 647 g/mol. The lowest BCUT2D eigenvalue weighted by molar-refractivity contribution is -0.384. The minimum absolute atomic E-state index is 0.0766. The van der Waals surface area contributed by atoms with Gasteiger partial charge in [-0.3, -0.25) is 19.4 Å². The Balaban J connectivity index is 1.26. The predicted molar refractivity (Wildman–Crippen MR) is 187 cm³/mol. The lowest BCUT2D eigenvalue weighted by atomic mass is 9.42. The third-order valence-corrected chi connectivity index (χ3v) is 15.1. The summed E-state index contributed by atoms with van der Waals surface area (Å²) in [6.07, 6.45) is 6.91. The smallest absolute Gasteiger partial charge is 0.413 e. The first-order valence-electron chi connectivity index (χ1n) is 18.5. The molecule has 13 atom stereocenters. The molecule has 0 aromatic heterocycles. The van der Waals surface area contributed by atoms with Gasteiger partial charge in [-0.05, 0) is 137 Å². The molecule has 3 N–H and O–H groups in total. The minimum Gasteiger partial charge on any atom is -0.413 e. The number of Topliss-reactive ketones (excluding diaryl/α,β-unsaturated/α-hetero) is 1.